The third-order valence-electron chi connectivity index (χ3n) is 5.70. The number of fused-ring (bicyclic) bond motifs is 2. The molecule has 0 saturated carbocycles. The molecule has 146 valence electrons. The van der Waals surface area contributed by atoms with Gasteiger partial charge in [0.1, 0.15) is 17.1 Å². The predicted octanol–water partition coefficient (Wildman–Crippen LogP) is 2.36. The third kappa shape index (κ3) is 2.92. The molecule has 2 saturated heterocycles. The molecule has 0 aliphatic carbocycles. The highest BCUT2D eigenvalue weighted by molar-refractivity contribution is 7.22. The fourth-order valence-electron chi connectivity index (χ4n) is 4.31. The van der Waals surface area contributed by atoms with Crippen LogP contribution in [-0.4, -0.2) is 47.6 Å². The van der Waals surface area contributed by atoms with Crippen LogP contribution in [0.3, 0.4) is 0 Å². The Balaban J connectivity index is 1.33. The van der Waals surface area contributed by atoms with Gasteiger partial charge in [-0.15, -0.1) is 0 Å². The molecule has 2 aliphatic rings. The first kappa shape index (κ1) is 17.5. The van der Waals surface area contributed by atoms with Crippen molar-refractivity contribution >= 4 is 32.5 Å². The van der Waals surface area contributed by atoms with E-state index in [4.69, 9.17) is 9.72 Å². The molecule has 8 heteroatoms. The Morgan fingerprint density at radius 1 is 1.11 bits per heavy atom. The van der Waals surface area contributed by atoms with Gasteiger partial charge in [-0.25, -0.2) is 9.67 Å². The molecule has 2 aromatic heterocycles. The van der Waals surface area contributed by atoms with Crippen molar-refractivity contribution in [3.63, 3.8) is 0 Å². The van der Waals surface area contributed by atoms with Gasteiger partial charge in [-0.1, -0.05) is 17.4 Å². The van der Waals surface area contributed by atoms with Crippen LogP contribution in [0.5, 0.6) is 5.75 Å². The van der Waals surface area contributed by atoms with E-state index in [0.717, 1.165) is 48.4 Å². The SMILES string of the molecule is CCOc1cccc2sc(N3CC4CN(c5ccc(=O)n(C)n5)CC4C3)nc12. The molecule has 0 N–H and O–H groups in total. The first-order valence-corrected chi connectivity index (χ1v) is 10.5. The molecule has 3 aromatic rings. The maximum atomic E-state index is 11.6. The maximum absolute atomic E-state index is 11.6. The quantitative estimate of drug-likeness (QED) is 0.674. The van der Waals surface area contributed by atoms with Gasteiger partial charge in [-0.3, -0.25) is 4.79 Å². The average Bonchev–Trinajstić information content (AvgIpc) is 3.36. The normalized spacial score (nSPS) is 21.5. The number of hydrogen-bond acceptors (Lipinski definition) is 7. The summed E-state index contributed by atoms with van der Waals surface area (Å²) in [5.41, 5.74) is 0.897. The highest BCUT2D eigenvalue weighted by Gasteiger charge is 2.41. The zero-order valence-electron chi connectivity index (χ0n) is 16.0. The van der Waals surface area contributed by atoms with Crippen molar-refractivity contribution in [3.05, 3.63) is 40.7 Å². The van der Waals surface area contributed by atoms with E-state index in [-0.39, 0.29) is 5.56 Å². The molecule has 5 rings (SSSR count). The Kier molecular flexibility index (Phi) is 4.23. The Morgan fingerprint density at radius 3 is 2.57 bits per heavy atom. The second-order valence-electron chi connectivity index (χ2n) is 7.52. The molecule has 2 aliphatic heterocycles. The Labute approximate surface area is 167 Å². The largest absolute Gasteiger partial charge is 0.492 e. The standard InChI is InChI=1S/C20H23N5O2S/c1-3-27-15-5-4-6-16-19(15)21-20(28-16)25-11-13-9-24(10-14(13)12-25)17-7-8-18(26)23(2)22-17/h4-8,13-14H,3,9-12H2,1-2H3. The first-order chi connectivity index (χ1) is 13.6. The van der Waals surface area contributed by atoms with Crippen molar-refractivity contribution < 1.29 is 4.74 Å². The van der Waals surface area contributed by atoms with Gasteiger partial charge >= 0.3 is 0 Å². The minimum Gasteiger partial charge on any atom is -0.492 e. The van der Waals surface area contributed by atoms with Gasteiger partial charge < -0.3 is 14.5 Å². The minimum atomic E-state index is -0.0726. The fraction of sp³-hybridized carbons (Fsp3) is 0.450. The lowest BCUT2D eigenvalue weighted by atomic mass is 10.0. The number of para-hydroxylation sites is 1. The number of benzene rings is 1. The molecule has 2 atom stereocenters. The van der Waals surface area contributed by atoms with E-state index >= 15 is 0 Å². The lowest BCUT2D eigenvalue weighted by molar-refractivity contribution is 0.344. The zero-order valence-corrected chi connectivity index (χ0v) is 16.9. The van der Waals surface area contributed by atoms with Crippen LogP contribution < -0.4 is 20.1 Å². The van der Waals surface area contributed by atoms with Crippen molar-refractivity contribution in [2.75, 3.05) is 42.6 Å². The molecule has 0 spiro atoms. The van der Waals surface area contributed by atoms with Crippen LogP contribution in [-0.2, 0) is 7.05 Å². The number of thiazole rings is 1. The van der Waals surface area contributed by atoms with E-state index in [1.54, 1.807) is 24.5 Å². The van der Waals surface area contributed by atoms with Crippen molar-refractivity contribution in [2.45, 2.75) is 6.92 Å². The van der Waals surface area contributed by atoms with E-state index in [1.165, 1.54) is 9.38 Å². The van der Waals surface area contributed by atoms with E-state index < -0.39 is 0 Å². The molecular weight excluding hydrogens is 374 g/mol. The third-order valence-corrected chi connectivity index (χ3v) is 6.78. The maximum Gasteiger partial charge on any atom is 0.266 e. The number of ether oxygens (including phenoxy) is 1. The summed E-state index contributed by atoms with van der Waals surface area (Å²) in [6.07, 6.45) is 0. The van der Waals surface area contributed by atoms with Crippen LogP contribution in [0, 0.1) is 11.8 Å². The lowest BCUT2D eigenvalue weighted by Gasteiger charge is -2.22. The number of rotatable bonds is 4. The Hall–Kier alpha value is -2.61. The number of anilines is 2. The summed E-state index contributed by atoms with van der Waals surface area (Å²) in [6, 6.07) is 9.57. The minimum absolute atomic E-state index is 0.0726. The van der Waals surface area contributed by atoms with Gasteiger partial charge in [0, 0.05) is 51.1 Å². The van der Waals surface area contributed by atoms with Crippen LogP contribution in [0.4, 0.5) is 10.9 Å². The number of aryl methyl sites for hydroxylation is 1. The van der Waals surface area contributed by atoms with Crippen LogP contribution in [0.1, 0.15) is 6.92 Å². The molecule has 7 nitrogen and oxygen atoms in total. The van der Waals surface area contributed by atoms with Gasteiger partial charge in [0.25, 0.3) is 5.56 Å². The summed E-state index contributed by atoms with van der Waals surface area (Å²) in [7, 11) is 1.70. The zero-order chi connectivity index (χ0) is 19.3. The van der Waals surface area contributed by atoms with Gasteiger partial charge in [0.05, 0.1) is 11.3 Å². The van der Waals surface area contributed by atoms with Crippen LogP contribution >= 0.6 is 11.3 Å². The molecule has 0 radical (unpaired) electrons. The van der Waals surface area contributed by atoms with Gasteiger partial charge in [-0.05, 0) is 25.1 Å². The summed E-state index contributed by atoms with van der Waals surface area (Å²) in [6.45, 7) is 6.62. The second-order valence-corrected chi connectivity index (χ2v) is 8.52. The van der Waals surface area contributed by atoms with Crippen LogP contribution in [0.15, 0.2) is 35.1 Å². The molecule has 1 aromatic carbocycles. The summed E-state index contributed by atoms with van der Waals surface area (Å²) in [4.78, 5) is 21.2. The highest BCUT2D eigenvalue weighted by Crippen LogP contribution is 2.39. The van der Waals surface area contributed by atoms with Gasteiger partial charge in [0.2, 0.25) is 0 Å². The number of nitrogens with zero attached hydrogens (tertiary/aromatic N) is 5. The van der Waals surface area contributed by atoms with E-state index in [2.05, 4.69) is 21.0 Å². The van der Waals surface area contributed by atoms with Gasteiger partial charge in [-0.2, -0.15) is 5.10 Å². The van der Waals surface area contributed by atoms with E-state index in [0.29, 0.717) is 18.4 Å². The molecule has 0 amide bonds. The highest BCUT2D eigenvalue weighted by atomic mass is 32.1. The van der Waals surface area contributed by atoms with E-state index in [9.17, 15) is 4.79 Å². The monoisotopic (exact) mass is 397 g/mol. The summed E-state index contributed by atoms with van der Waals surface area (Å²) >= 11 is 1.74. The molecular formula is C20H23N5O2S. The van der Waals surface area contributed by atoms with Crippen LogP contribution in [0.25, 0.3) is 10.2 Å². The number of aromatic nitrogens is 3. The van der Waals surface area contributed by atoms with Crippen LogP contribution in [0.2, 0.25) is 0 Å². The second kappa shape index (κ2) is 6.77. The lowest BCUT2D eigenvalue weighted by Crippen LogP contribution is -2.30. The first-order valence-electron chi connectivity index (χ1n) is 9.69. The summed E-state index contributed by atoms with van der Waals surface area (Å²) < 4.78 is 8.32. The molecule has 4 heterocycles. The molecule has 0 bridgehead atoms. The van der Waals surface area contributed by atoms with Crippen molar-refractivity contribution in [1.82, 2.24) is 14.8 Å². The Morgan fingerprint density at radius 2 is 1.86 bits per heavy atom. The molecule has 2 fully saturated rings. The molecule has 28 heavy (non-hydrogen) atoms. The Bertz CT molecular complexity index is 1060. The van der Waals surface area contributed by atoms with E-state index in [1.807, 2.05) is 25.1 Å². The topological polar surface area (TPSA) is 63.5 Å². The van der Waals surface area contributed by atoms with Crippen molar-refractivity contribution in [1.29, 1.82) is 0 Å². The predicted molar refractivity (Wildman–Crippen MR) is 112 cm³/mol. The smallest absolute Gasteiger partial charge is 0.266 e. The summed E-state index contributed by atoms with van der Waals surface area (Å²) in [5, 5.41) is 5.49. The number of hydrogen-bond donors (Lipinski definition) is 0. The van der Waals surface area contributed by atoms with Crippen molar-refractivity contribution in [2.24, 2.45) is 18.9 Å². The van der Waals surface area contributed by atoms with Crippen molar-refractivity contribution in [3.8, 4) is 5.75 Å². The average molecular weight is 398 g/mol. The fourth-order valence-corrected chi connectivity index (χ4v) is 5.32. The molecule has 2 unspecified atom stereocenters. The summed E-state index contributed by atoms with van der Waals surface area (Å²) in [5.74, 6) is 2.95. The van der Waals surface area contributed by atoms with Gasteiger partial charge in [0.15, 0.2) is 5.13 Å².